The van der Waals surface area contributed by atoms with E-state index >= 15 is 0 Å². The molecule has 102 valence electrons. The number of aliphatic carboxylic acids is 1. The summed E-state index contributed by atoms with van der Waals surface area (Å²) < 4.78 is 0. The smallest absolute Gasteiger partial charge is 0.320 e. The Morgan fingerprint density at radius 3 is 2.50 bits per heavy atom. The van der Waals surface area contributed by atoms with E-state index < -0.39 is 11.9 Å². The van der Waals surface area contributed by atoms with Gasteiger partial charge in [0, 0.05) is 26.2 Å². The number of nitrogens with two attached hydrogens (primary N) is 1. The van der Waals surface area contributed by atoms with Gasteiger partial charge in [0.1, 0.15) is 0 Å². The zero-order valence-corrected chi connectivity index (χ0v) is 10.7. The van der Waals surface area contributed by atoms with Gasteiger partial charge in [-0.2, -0.15) is 0 Å². The second-order valence-corrected chi connectivity index (χ2v) is 5.45. The molecule has 3 N–H and O–H groups in total. The molecule has 2 rings (SSSR count). The van der Waals surface area contributed by atoms with Gasteiger partial charge in [-0.05, 0) is 24.8 Å². The Hall–Kier alpha value is -1.30. The van der Waals surface area contributed by atoms with Crippen LogP contribution in [-0.2, 0) is 4.79 Å². The largest absolute Gasteiger partial charge is 0.481 e. The van der Waals surface area contributed by atoms with Crippen LogP contribution in [0.15, 0.2) is 0 Å². The highest BCUT2D eigenvalue weighted by Gasteiger charge is 2.39. The highest BCUT2D eigenvalue weighted by molar-refractivity contribution is 5.78. The molecule has 6 nitrogen and oxygen atoms in total. The normalized spacial score (nSPS) is 32.0. The number of carboxylic acids is 1. The first-order valence-corrected chi connectivity index (χ1v) is 6.49. The average Bonchev–Trinajstić information content (AvgIpc) is 2.94. The van der Waals surface area contributed by atoms with Crippen molar-refractivity contribution >= 4 is 12.0 Å². The van der Waals surface area contributed by atoms with Crippen molar-refractivity contribution in [2.24, 2.45) is 23.5 Å². The van der Waals surface area contributed by atoms with E-state index in [-0.39, 0.29) is 11.9 Å². The summed E-state index contributed by atoms with van der Waals surface area (Å²) in [5.74, 6) is -0.815. The standard InChI is InChI=1S/C12H21N3O3/c1-8-5-15(7-10(8)11(16)17)12(18)14-3-2-9(4-13)6-14/h8-10H,2-7,13H2,1H3,(H,16,17). The molecule has 2 aliphatic heterocycles. The summed E-state index contributed by atoms with van der Waals surface area (Å²) in [6.07, 6.45) is 0.952. The van der Waals surface area contributed by atoms with Crippen molar-refractivity contribution in [1.29, 1.82) is 0 Å². The van der Waals surface area contributed by atoms with Crippen molar-refractivity contribution in [1.82, 2.24) is 9.80 Å². The zero-order chi connectivity index (χ0) is 13.3. The molecule has 2 amide bonds. The van der Waals surface area contributed by atoms with Crippen molar-refractivity contribution < 1.29 is 14.7 Å². The van der Waals surface area contributed by atoms with Gasteiger partial charge in [-0.1, -0.05) is 6.92 Å². The lowest BCUT2D eigenvalue weighted by atomic mass is 9.99. The van der Waals surface area contributed by atoms with E-state index in [2.05, 4.69) is 0 Å². The lowest BCUT2D eigenvalue weighted by Gasteiger charge is -2.24. The molecule has 2 saturated heterocycles. The van der Waals surface area contributed by atoms with E-state index in [1.807, 2.05) is 6.92 Å². The molecule has 18 heavy (non-hydrogen) atoms. The Balaban J connectivity index is 1.93. The molecule has 3 unspecified atom stereocenters. The van der Waals surface area contributed by atoms with E-state index in [1.54, 1.807) is 9.80 Å². The van der Waals surface area contributed by atoms with E-state index in [4.69, 9.17) is 10.8 Å². The SMILES string of the molecule is CC1CN(C(=O)N2CCC(CN)C2)CC1C(=O)O. The van der Waals surface area contributed by atoms with Crippen LogP contribution in [0.1, 0.15) is 13.3 Å². The lowest BCUT2D eigenvalue weighted by Crippen LogP contribution is -2.41. The summed E-state index contributed by atoms with van der Waals surface area (Å²) >= 11 is 0. The maximum atomic E-state index is 12.2. The highest BCUT2D eigenvalue weighted by atomic mass is 16.4. The number of nitrogens with zero attached hydrogens (tertiary/aromatic N) is 2. The fraction of sp³-hybridized carbons (Fsp3) is 0.833. The molecule has 2 heterocycles. The van der Waals surface area contributed by atoms with E-state index in [1.165, 1.54) is 0 Å². The van der Waals surface area contributed by atoms with Gasteiger partial charge in [-0.25, -0.2) is 4.79 Å². The van der Waals surface area contributed by atoms with Gasteiger partial charge in [-0.3, -0.25) is 4.79 Å². The number of carbonyl (C=O) groups is 2. The van der Waals surface area contributed by atoms with Gasteiger partial charge in [-0.15, -0.1) is 0 Å². The van der Waals surface area contributed by atoms with Gasteiger partial charge in [0.15, 0.2) is 0 Å². The van der Waals surface area contributed by atoms with Crippen molar-refractivity contribution in [3.8, 4) is 0 Å². The second-order valence-electron chi connectivity index (χ2n) is 5.45. The third-order valence-corrected chi connectivity index (χ3v) is 4.09. The Bertz CT molecular complexity index is 347. The number of urea groups is 1. The summed E-state index contributed by atoms with van der Waals surface area (Å²) in [5, 5.41) is 9.06. The summed E-state index contributed by atoms with van der Waals surface area (Å²) in [4.78, 5) is 26.7. The molecule has 0 aromatic heterocycles. The molecule has 2 aliphatic rings. The Morgan fingerprint density at radius 2 is 2.00 bits per heavy atom. The minimum atomic E-state index is -0.806. The predicted octanol–water partition coefficient (Wildman–Crippen LogP) is 0.0395. The monoisotopic (exact) mass is 255 g/mol. The van der Waals surface area contributed by atoms with E-state index in [9.17, 15) is 9.59 Å². The van der Waals surface area contributed by atoms with Gasteiger partial charge >= 0.3 is 12.0 Å². The van der Waals surface area contributed by atoms with E-state index in [0.717, 1.165) is 13.0 Å². The van der Waals surface area contributed by atoms with Gasteiger partial charge in [0.05, 0.1) is 5.92 Å². The predicted molar refractivity (Wildman–Crippen MR) is 66.0 cm³/mol. The van der Waals surface area contributed by atoms with Crippen molar-refractivity contribution in [3.05, 3.63) is 0 Å². The molecule has 3 atom stereocenters. The van der Waals surface area contributed by atoms with Crippen LogP contribution < -0.4 is 5.73 Å². The molecule has 2 fully saturated rings. The van der Waals surface area contributed by atoms with Crippen LogP contribution >= 0.6 is 0 Å². The third kappa shape index (κ3) is 2.43. The summed E-state index contributed by atoms with van der Waals surface area (Å²) in [5.41, 5.74) is 5.60. The number of carbonyl (C=O) groups excluding carboxylic acids is 1. The molecule has 0 aromatic carbocycles. The molecule has 0 aliphatic carbocycles. The van der Waals surface area contributed by atoms with E-state index in [0.29, 0.717) is 32.1 Å². The molecule has 6 heteroatoms. The Morgan fingerprint density at radius 1 is 1.28 bits per heavy atom. The van der Waals surface area contributed by atoms with Crippen LogP contribution in [0.2, 0.25) is 0 Å². The Labute approximate surface area is 107 Å². The van der Waals surface area contributed by atoms with Crippen molar-refractivity contribution in [2.45, 2.75) is 13.3 Å². The van der Waals surface area contributed by atoms with Crippen molar-refractivity contribution in [2.75, 3.05) is 32.7 Å². The lowest BCUT2D eigenvalue weighted by molar-refractivity contribution is -0.142. The number of likely N-dealkylation sites (tertiary alicyclic amines) is 2. The average molecular weight is 255 g/mol. The molecule has 0 radical (unpaired) electrons. The van der Waals surface area contributed by atoms with Crippen LogP contribution in [0, 0.1) is 17.8 Å². The number of amides is 2. The number of rotatable bonds is 2. The maximum Gasteiger partial charge on any atom is 0.320 e. The minimum absolute atomic E-state index is 0.0263. The number of hydrogen-bond donors (Lipinski definition) is 2. The second kappa shape index (κ2) is 5.14. The van der Waals surface area contributed by atoms with Crippen LogP contribution in [0.5, 0.6) is 0 Å². The van der Waals surface area contributed by atoms with Crippen LogP contribution in [0.25, 0.3) is 0 Å². The topological polar surface area (TPSA) is 86.9 Å². The zero-order valence-electron chi connectivity index (χ0n) is 10.7. The molecular weight excluding hydrogens is 234 g/mol. The van der Waals surface area contributed by atoms with Gasteiger partial charge in [0.25, 0.3) is 0 Å². The van der Waals surface area contributed by atoms with Crippen LogP contribution in [0.4, 0.5) is 4.79 Å². The quantitative estimate of drug-likeness (QED) is 0.729. The number of carboxylic acid groups (broad SMARTS) is 1. The molecule has 0 spiro atoms. The molecule has 0 saturated carbocycles. The molecule has 0 aromatic rings. The highest BCUT2D eigenvalue weighted by Crippen LogP contribution is 2.25. The maximum absolute atomic E-state index is 12.2. The molecule has 0 bridgehead atoms. The first kappa shape index (κ1) is 13.1. The van der Waals surface area contributed by atoms with Crippen molar-refractivity contribution in [3.63, 3.8) is 0 Å². The first-order chi connectivity index (χ1) is 8.52. The van der Waals surface area contributed by atoms with Crippen LogP contribution in [-0.4, -0.2) is 59.6 Å². The van der Waals surface area contributed by atoms with Gasteiger partial charge in [0.2, 0.25) is 0 Å². The fourth-order valence-electron chi connectivity index (χ4n) is 2.84. The number of hydrogen-bond acceptors (Lipinski definition) is 3. The molecular formula is C12H21N3O3. The van der Waals surface area contributed by atoms with Gasteiger partial charge < -0.3 is 20.6 Å². The minimum Gasteiger partial charge on any atom is -0.481 e. The summed E-state index contributed by atoms with van der Waals surface area (Å²) in [6.45, 7) is 4.82. The third-order valence-electron chi connectivity index (χ3n) is 4.09. The fourth-order valence-corrected chi connectivity index (χ4v) is 2.84. The Kier molecular flexibility index (Phi) is 3.75. The van der Waals surface area contributed by atoms with Crippen LogP contribution in [0.3, 0.4) is 0 Å². The first-order valence-electron chi connectivity index (χ1n) is 6.49. The summed E-state index contributed by atoms with van der Waals surface area (Å²) in [7, 11) is 0. The summed E-state index contributed by atoms with van der Waals surface area (Å²) in [6, 6.07) is -0.0263.